The molecule has 1 nitrogen and oxygen atoms in total. The lowest BCUT2D eigenvalue weighted by Gasteiger charge is -2.13. The Morgan fingerprint density at radius 3 is 2.69 bits per heavy atom. The molecule has 0 spiro atoms. The summed E-state index contributed by atoms with van der Waals surface area (Å²) in [4.78, 5) is 0. The SMILES string of the molecule is C#CC(C)Cc1cc(Cl)cc(Cl)c1OCC. The fourth-order valence-electron chi connectivity index (χ4n) is 1.46. The van der Waals surface area contributed by atoms with Crippen molar-refractivity contribution in [3.8, 4) is 18.1 Å². The largest absolute Gasteiger partial charge is 0.492 e. The first kappa shape index (κ1) is 13.2. The zero-order valence-electron chi connectivity index (χ0n) is 9.39. The van der Waals surface area contributed by atoms with E-state index in [1.54, 1.807) is 6.07 Å². The number of benzene rings is 1. The van der Waals surface area contributed by atoms with Crippen LogP contribution in [0.3, 0.4) is 0 Å². The van der Waals surface area contributed by atoms with E-state index >= 15 is 0 Å². The van der Waals surface area contributed by atoms with Crippen molar-refractivity contribution in [2.24, 2.45) is 5.92 Å². The van der Waals surface area contributed by atoms with Crippen LogP contribution in [-0.2, 0) is 6.42 Å². The molecular weight excluding hydrogens is 243 g/mol. The van der Waals surface area contributed by atoms with Gasteiger partial charge in [0, 0.05) is 10.9 Å². The van der Waals surface area contributed by atoms with Crippen molar-refractivity contribution in [3.63, 3.8) is 0 Å². The fraction of sp³-hybridized carbons (Fsp3) is 0.385. The third-order valence-corrected chi connectivity index (χ3v) is 2.68. The lowest BCUT2D eigenvalue weighted by atomic mass is 10.0. The quantitative estimate of drug-likeness (QED) is 0.734. The van der Waals surface area contributed by atoms with Crippen molar-refractivity contribution in [2.45, 2.75) is 20.3 Å². The van der Waals surface area contributed by atoms with Crippen LogP contribution in [-0.4, -0.2) is 6.61 Å². The molecule has 86 valence electrons. The molecule has 0 aliphatic carbocycles. The molecule has 1 atom stereocenters. The highest BCUT2D eigenvalue weighted by Gasteiger charge is 2.12. The predicted octanol–water partition coefficient (Wildman–Crippen LogP) is 4.20. The average molecular weight is 257 g/mol. The first-order chi connectivity index (χ1) is 7.58. The summed E-state index contributed by atoms with van der Waals surface area (Å²) in [6, 6.07) is 3.53. The number of hydrogen-bond donors (Lipinski definition) is 0. The van der Waals surface area contributed by atoms with Crippen molar-refractivity contribution in [1.29, 1.82) is 0 Å². The van der Waals surface area contributed by atoms with Crippen molar-refractivity contribution in [2.75, 3.05) is 6.61 Å². The van der Waals surface area contributed by atoms with Gasteiger partial charge in [-0.05, 0) is 31.0 Å². The van der Waals surface area contributed by atoms with Crippen LogP contribution in [0.25, 0.3) is 0 Å². The number of ether oxygens (including phenoxy) is 1. The molecule has 3 heteroatoms. The van der Waals surface area contributed by atoms with Gasteiger partial charge in [-0.25, -0.2) is 0 Å². The van der Waals surface area contributed by atoms with E-state index in [0.717, 1.165) is 5.56 Å². The first-order valence-corrected chi connectivity index (χ1v) is 5.91. The second-order valence-electron chi connectivity index (χ2n) is 3.58. The average Bonchev–Trinajstić information content (AvgIpc) is 2.23. The van der Waals surface area contributed by atoms with Crippen molar-refractivity contribution in [3.05, 3.63) is 27.7 Å². The number of hydrogen-bond acceptors (Lipinski definition) is 1. The van der Waals surface area contributed by atoms with Crippen molar-refractivity contribution in [1.82, 2.24) is 0 Å². The highest BCUT2D eigenvalue weighted by molar-refractivity contribution is 6.35. The maximum absolute atomic E-state index is 6.08. The molecule has 0 amide bonds. The highest BCUT2D eigenvalue weighted by atomic mass is 35.5. The summed E-state index contributed by atoms with van der Waals surface area (Å²) < 4.78 is 5.51. The summed E-state index contributed by atoms with van der Waals surface area (Å²) in [7, 11) is 0. The Hall–Kier alpha value is -0.840. The van der Waals surface area contributed by atoms with Gasteiger partial charge in [-0.2, -0.15) is 0 Å². The van der Waals surface area contributed by atoms with E-state index in [1.165, 1.54) is 0 Å². The number of terminal acetylenes is 1. The van der Waals surface area contributed by atoms with Crippen LogP contribution < -0.4 is 4.74 Å². The second-order valence-corrected chi connectivity index (χ2v) is 4.42. The second kappa shape index (κ2) is 6.03. The summed E-state index contributed by atoms with van der Waals surface area (Å²) >= 11 is 12.0. The van der Waals surface area contributed by atoms with Crippen molar-refractivity contribution >= 4 is 23.2 Å². The van der Waals surface area contributed by atoms with Crippen LogP contribution in [0.2, 0.25) is 10.0 Å². The Kier molecular flexibility index (Phi) is 4.99. The molecule has 16 heavy (non-hydrogen) atoms. The maximum Gasteiger partial charge on any atom is 0.141 e. The van der Waals surface area contributed by atoms with Gasteiger partial charge in [-0.3, -0.25) is 0 Å². The molecule has 0 bridgehead atoms. The summed E-state index contributed by atoms with van der Waals surface area (Å²) in [5.74, 6) is 3.50. The van der Waals surface area contributed by atoms with Gasteiger partial charge >= 0.3 is 0 Å². The van der Waals surface area contributed by atoms with Gasteiger partial charge in [-0.15, -0.1) is 12.3 Å². The minimum atomic E-state index is 0.133. The van der Waals surface area contributed by atoms with Gasteiger partial charge in [0.1, 0.15) is 5.75 Å². The lowest BCUT2D eigenvalue weighted by molar-refractivity contribution is 0.336. The molecule has 0 aliphatic rings. The zero-order valence-corrected chi connectivity index (χ0v) is 10.9. The Morgan fingerprint density at radius 1 is 1.44 bits per heavy atom. The monoisotopic (exact) mass is 256 g/mol. The minimum absolute atomic E-state index is 0.133. The van der Waals surface area contributed by atoms with E-state index < -0.39 is 0 Å². The normalized spacial score (nSPS) is 11.9. The maximum atomic E-state index is 6.08. The van der Waals surface area contributed by atoms with E-state index in [9.17, 15) is 0 Å². The van der Waals surface area contributed by atoms with Gasteiger partial charge in [0.2, 0.25) is 0 Å². The molecule has 0 saturated carbocycles. The highest BCUT2D eigenvalue weighted by Crippen LogP contribution is 2.33. The summed E-state index contributed by atoms with van der Waals surface area (Å²) in [5, 5.41) is 1.14. The molecular formula is C13H14Cl2O. The first-order valence-electron chi connectivity index (χ1n) is 5.15. The summed E-state index contributed by atoms with van der Waals surface area (Å²) in [6.45, 7) is 4.46. The predicted molar refractivity (Wildman–Crippen MR) is 69.3 cm³/mol. The van der Waals surface area contributed by atoms with Crippen LogP contribution >= 0.6 is 23.2 Å². The van der Waals surface area contributed by atoms with Crippen LogP contribution in [0.5, 0.6) is 5.75 Å². The van der Waals surface area contributed by atoms with Crippen LogP contribution in [0.4, 0.5) is 0 Å². The Labute approximate surface area is 107 Å². The van der Waals surface area contributed by atoms with Crippen LogP contribution in [0.1, 0.15) is 19.4 Å². The molecule has 0 heterocycles. The van der Waals surface area contributed by atoms with Crippen molar-refractivity contribution < 1.29 is 4.74 Å². The zero-order chi connectivity index (χ0) is 12.1. The summed E-state index contributed by atoms with van der Waals surface area (Å²) in [6.07, 6.45) is 6.08. The molecule has 0 aliphatic heterocycles. The Bertz CT molecular complexity index is 407. The molecule has 1 rings (SSSR count). The molecule has 0 aromatic heterocycles. The standard InChI is InChI=1S/C13H14Cl2O/c1-4-9(3)6-10-7-11(14)8-12(15)13(10)16-5-2/h1,7-9H,5-6H2,2-3H3. The molecule has 1 unspecified atom stereocenters. The molecule has 0 fully saturated rings. The van der Waals surface area contributed by atoms with Crippen LogP contribution in [0.15, 0.2) is 12.1 Å². The Morgan fingerprint density at radius 2 is 2.12 bits per heavy atom. The van der Waals surface area contributed by atoms with E-state index in [4.69, 9.17) is 34.4 Å². The summed E-state index contributed by atoms with van der Waals surface area (Å²) in [5.41, 5.74) is 0.963. The van der Waals surface area contributed by atoms with Gasteiger partial charge < -0.3 is 4.74 Å². The number of rotatable bonds is 4. The van der Waals surface area contributed by atoms with E-state index in [-0.39, 0.29) is 5.92 Å². The topological polar surface area (TPSA) is 9.23 Å². The minimum Gasteiger partial charge on any atom is -0.492 e. The third-order valence-electron chi connectivity index (χ3n) is 2.18. The molecule has 0 saturated heterocycles. The van der Waals surface area contributed by atoms with Gasteiger partial charge in [-0.1, -0.05) is 30.1 Å². The molecule has 0 radical (unpaired) electrons. The fourth-order valence-corrected chi connectivity index (χ4v) is 2.05. The Balaban J connectivity index is 3.09. The van der Waals surface area contributed by atoms with E-state index in [0.29, 0.717) is 28.8 Å². The lowest BCUT2D eigenvalue weighted by Crippen LogP contribution is -2.02. The molecule has 1 aromatic rings. The van der Waals surface area contributed by atoms with Crippen LogP contribution in [0, 0.1) is 18.3 Å². The molecule has 0 N–H and O–H groups in total. The smallest absolute Gasteiger partial charge is 0.141 e. The van der Waals surface area contributed by atoms with E-state index in [2.05, 4.69) is 5.92 Å². The third kappa shape index (κ3) is 3.33. The van der Waals surface area contributed by atoms with Gasteiger partial charge in [0.15, 0.2) is 0 Å². The van der Waals surface area contributed by atoms with E-state index in [1.807, 2.05) is 19.9 Å². The molecule has 1 aromatic carbocycles. The van der Waals surface area contributed by atoms with Gasteiger partial charge in [0.25, 0.3) is 0 Å². The van der Waals surface area contributed by atoms with Gasteiger partial charge in [0.05, 0.1) is 11.6 Å². The number of halogens is 2.